The van der Waals surface area contributed by atoms with Crippen LogP contribution in [0, 0.1) is 5.92 Å². The molecule has 2 atom stereocenters. The van der Waals surface area contributed by atoms with Crippen LogP contribution in [0.4, 0.5) is 0 Å². The van der Waals surface area contributed by atoms with Crippen LogP contribution in [-0.4, -0.2) is 24.8 Å². The van der Waals surface area contributed by atoms with E-state index in [2.05, 4.69) is 43.3 Å². The Morgan fingerprint density at radius 1 is 1.06 bits per heavy atom. The lowest BCUT2D eigenvalue weighted by molar-refractivity contribution is -0.139. The van der Waals surface area contributed by atoms with Crippen molar-refractivity contribution < 1.29 is 24.1 Å². The Kier molecular flexibility index (Phi) is 6.42. The highest BCUT2D eigenvalue weighted by molar-refractivity contribution is 5.78. The van der Waals surface area contributed by atoms with Crippen LogP contribution < -0.4 is 14.2 Å². The number of fused-ring (bicyclic) bond motifs is 2. The van der Waals surface area contributed by atoms with Gasteiger partial charge in [0.2, 0.25) is 0 Å². The number of rotatable bonds is 10. The first-order valence-electron chi connectivity index (χ1n) is 12.4. The van der Waals surface area contributed by atoms with Crippen LogP contribution in [0.5, 0.6) is 17.2 Å². The molecule has 1 saturated carbocycles. The standard InChI is InChI=1S/C30H32O5/c1-3-4-14-34-28-15-20(8-11-25(28)22-6-5-7-23(16-22)33-2)19-35-24-10-9-21-12-13-30(26(21)17-24)18-27(30)29(31)32/h5-11,15-17,27H,3-4,12-14,18-19H2,1-2H3,(H,31,32). The zero-order chi connectivity index (χ0) is 24.4. The van der Waals surface area contributed by atoms with E-state index in [0.29, 0.717) is 13.2 Å². The average Bonchev–Trinajstić information content (AvgIpc) is 3.52. The van der Waals surface area contributed by atoms with E-state index in [-0.39, 0.29) is 11.3 Å². The van der Waals surface area contributed by atoms with Crippen molar-refractivity contribution in [1.82, 2.24) is 0 Å². The van der Waals surface area contributed by atoms with Crippen LogP contribution >= 0.6 is 0 Å². The van der Waals surface area contributed by atoms with Gasteiger partial charge in [-0.1, -0.05) is 43.7 Å². The first kappa shape index (κ1) is 23.3. The maximum atomic E-state index is 11.6. The fourth-order valence-electron chi connectivity index (χ4n) is 5.32. The van der Waals surface area contributed by atoms with Gasteiger partial charge in [-0.2, -0.15) is 0 Å². The molecule has 35 heavy (non-hydrogen) atoms. The van der Waals surface area contributed by atoms with Crippen molar-refractivity contribution in [2.45, 2.75) is 51.0 Å². The normalized spacial score (nSPS) is 19.9. The SMILES string of the molecule is CCCCOc1cc(COc2ccc3c(c2)C2(CC3)CC2C(=O)O)ccc1-c1cccc(OC)c1. The van der Waals surface area contributed by atoms with Gasteiger partial charge in [0, 0.05) is 11.0 Å². The minimum absolute atomic E-state index is 0.181. The Bertz CT molecular complexity index is 1230. The molecule has 0 saturated heterocycles. The summed E-state index contributed by atoms with van der Waals surface area (Å²) >= 11 is 0. The monoisotopic (exact) mass is 472 g/mol. The molecule has 3 aromatic carbocycles. The summed E-state index contributed by atoms with van der Waals surface area (Å²) in [5.74, 6) is 1.49. The van der Waals surface area contributed by atoms with Gasteiger partial charge in [-0.05, 0) is 78.3 Å². The summed E-state index contributed by atoms with van der Waals surface area (Å²) in [7, 11) is 1.67. The summed E-state index contributed by atoms with van der Waals surface area (Å²) < 4.78 is 17.8. The smallest absolute Gasteiger partial charge is 0.307 e. The number of carboxylic acid groups (broad SMARTS) is 1. The molecule has 2 aliphatic rings. The maximum absolute atomic E-state index is 11.6. The largest absolute Gasteiger partial charge is 0.497 e. The summed E-state index contributed by atoms with van der Waals surface area (Å²) in [6.45, 7) is 3.23. The Labute approximate surface area is 206 Å². The Hall–Kier alpha value is -3.47. The number of benzene rings is 3. The van der Waals surface area contributed by atoms with Gasteiger partial charge in [-0.25, -0.2) is 0 Å². The number of hydrogen-bond acceptors (Lipinski definition) is 4. The molecule has 1 N–H and O–H groups in total. The molecular formula is C30H32O5. The van der Waals surface area contributed by atoms with Crippen molar-refractivity contribution in [3.05, 3.63) is 77.4 Å². The molecule has 0 radical (unpaired) electrons. The molecule has 182 valence electrons. The fraction of sp³-hybridized carbons (Fsp3) is 0.367. The van der Waals surface area contributed by atoms with Crippen molar-refractivity contribution in [1.29, 1.82) is 0 Å². The number of aliphatic carboxylic acids is 1. The number of unbranched alkanes of at least 4 members (excludes halogenated alkanes) is 1. The van der Waals surface area contributed by atoms with Crippen molar-refractivity contribution in [3.63, 3.8) is 0 Å². The van der Waals surface area contributed by atoms with Crippen LogP contribution in [0.3, 0.4) is 0 Å². The molecule has 0 heterocycles. The molecule has 2 unspecified atom stereocenters. The van der Waals surface area contributed by atoms with Gasteiger partial charge in [-0.15, -0.1) is 0 Å². The number of methoxy groups -OCH3 is 1. The van der Waals surface area contributed by atoms with E-state index in [1.807, 2.05) is 24.3 Å². The number of hydrogen-bond donors (Lipinski definition) is 1. The van der Waals surface area contributed by atoms with E-state index in [1.54, 1.807) is 7.11 Å². The van der Waals surface area contributed by atoms with Gasteiger partial charge in [0.05, 0.1) is 19.6 Å². The molecule has 2 aliphatic carbocycles. The van der Waals surface area contributed by atoms with Crippen LogP contribution in [0.2, 0.25) is 0 Å². The second-order valence-electron chi connectivity index (χ2n) is 9.62. The molecule has 1 spiro atoms. The predicted molar refractivity (Wildman–Crippen MR) is 135 cm³/mol. The third kappa shape index (κ3) is 4.60. The van der Waals surface area contributed by atoms with Crippen LogP contribution in [0.25, 0.3) is 11.1 Å². The topological polar surface area (TPSA) is 65.0 Å². The van der Waals surface area contributed by atoms with Gasteiger partial charge in [0.15, 0.2) is 0 Å². The number of ether oxygens (including phenoxy) is 3. The highest BCUT2D eigenvalue weighted by atomic mass is 16.5. The molecule has 5 rings (SSSR count). The summed E-state index contributed by atoms with van der Waals surface area (Å²) in [5, 5.41) is 9.51. The van der Waals surface area contributed by atoms with E-state index >= 15 is 0 Å². The van der Waals surface area contributed by atoms with E-state index in [4.69, 9.17) is 14.2 Å². The second-order valence-corrected chi connectivity index (χ2v) is 9.62. The summed E-state index contributed by atoms with van der Waals surface area (Å²) in [5.41, 5.74) is 5.34. The van der Waals surface area contributed by atoms with Crippen molar-refractivity contribution >= 4 is 5.97 Å². The summed E-state index contributed by atoms with van der Waals surface area (Å²) in [6, 6.07) is 20.4. The van der Waals surface area contributed by atoms with Crippen molar-refractivity contribution in [2.75, 3.05) is 13.7 Å². The van der Waals surface area contributed by atoms with Gasteiger partial charge in [0.1, 0.15) is 23.9 Å². The number of carboxylic acids is 1. The quantitative estimate of drug-likeness (QED) is 0.346. The number of carbonyl (C=O) groups is 1. The van der Waals surface area contributed by atoms with Crippen molar-refractivity contribution in [2.24, 2.45) is 5.92 Å². The van der Waals surface area contributed by atoms with Crippen molar-refractivity contribution in [3.8, 4) is 28.4 Å². The molecule has 0 bridgehead atoms. The van der Waals surface area contributed by atoms with Crippen LogP contribution in [0.1, 0.15) is 49.3 Å². The summed E-state index contributed by atoms with van der Waals surface area (Å²) in [4.78, 5) is 11.6. The Balaban J connectivity index is 1.35. The highest BCUT2D eigenvalue weighted by Gasteiger charge is 2.61. The predicted octanol–water partition coefficient (Wildman–Crippen LogP) is 6.41. The van der Waals surface area contributed by atoms with Gasteiger partial charge >= 0.3 is 5.97 Å². The summed E-state index contributed by atoms with van der Waals surface area (Å²) in [6.07, 6.45) is 4.67. The Morgan fingerprint density at radius 3 is 2.71 bits per heavy atom. The van der Waals surface area contributed by atoms with E-state index in [9.17, 15) is 9.90 Å². The highest BCUT2D eigenvalue weighted by Crippen LogP contribution is 2.62. The molecule has 0 amide bonds. The minimum atomic E-state index is -0.684. The number of aryl methyl sites for hydroxylation is 1. The van der Waals surface area contributed by atoms with Gasteiger partial charge in [-0.3, -0.25) is 4.79 Å². The Morgan fingerprint density at radius 2 is 1.94 bits per heavy atom. The molecular weight excluding hydrogens is 440 g/mol. The molecule has 5 nitrogen and oxygen atoms in total. The van der Waals surface area contributed by atoms with E-state index in [1.165, 1.54) is 11.1 Å². The van der Waals surface area contributed by atoms with Gasteiger partial charge in [0.25, 0.3) is 0 Å². The maximum Gasteiger partial charge on any atom is 0.307 e. The third-order valence-electron chi connectivity index (χ3n) is 7.42. The lowest BCUT2D eigenvalue weighted by Gasteiger charge is -2.15. The lowest BCUT2D eigenvalue weighted by atomic mass is 9.95. The van der Waals surface area contributed by atoms with Gasteiger partial charge < -0.3 is 19.3 Å². The van der Waals surface area contributed by atoms with E-state index in [0.717, 1.165) is 66.0 Å². The van der Waals surface area contributed by atoms with Crippen LogP contribution in [-0.2, 0) is 23.2 Å². The third-order valence-corrected chi connectivity index (χ3v) is 7.42. The molecule has 1 fully saturated rings. The molecule has 3 aromatic rings. The molecule has 0 aliphatic heterocycles. The lowest BCUT2D eigenvalue weighted by Crippen LogP contribution is -2.11. The fourth-order valence-corrected chi connectivity index (χ4v) is 5.32. The average molecular weight is 473 g/mol. The first-order valence-corrected chi connectivity index (χ1v) is 12.4. The zero-order valence-electron chi connectivity index (χ0n) is 20.4. The molecule has 5 heteroatoms. The minimum Gasteiger partial charge on any atom is -0.497 e. The first-order chi connectivity index (χ1) is 17.0. The second kappa shape index (κ2) is 9.65. The van der Waals surface area contributed by atoms with E-state index < -0.39 is 5.97 Å². The molecule has 0 aromatic heterocycles. The van der Waals surface area contributed by atoms with Crippen LogP contribution in [0.15, 0.2) is 60.7 Å². The zero-order valence-corrected chi connectivity index (χ0v) is 20.4.